The first kappa shape index (κ1) is 47.7. The van der Waals surface area contributed by atoms with E-state index in [1.54, 1.807) is 97.1 Å². The van der Waals surface area contributed by atoms with Gasteiger partial charge in [-0.3, -0.25) is 0 Å². The van der Waals surface area contributed by atoms with Gasteiger partial charge in [0.15, 0.2) is 34.4 Å². The number of phenols is 4. The number of aliphatic hydroxyl groups is 4. The number of hydrogen-bond donors (Lipinski definition) is 8. The van der Waals surface area contributed by atoms with Crippen molar-refractivity contribution in [3.63, 3.8) is 0 Å². The Kier molecular flexibility index (Phi) is 16.1. The van der Waals surface area contributed by atoms with Gasteiger partial charge in [0.1, 0.15) is 11.4 Å². The maximum Gasteiger partial charge on any atom is 0.175 e. The number of anilines is 4. The molecule has 8 N–H and O–H groups in total. The number of likely N-dealkylation sites (N-methyl/N-ethyl adjacent to an activating group) is 4. The molecule has 0 aromatic heterocycles. The summed E-state index contributed by atoms with van der Waals surface area (Å²) >= 11 is 0. The average molecular weight is 901 g/mol. The van der Waals surface area contributed by atoms with Crippen LogP contribution >= 0.6 is 0 Å². The summed E-state index contributed by atoms with van der Waals surface area (Å²) in [5.74, 6) is -3.01. The van der Waals surface area contributed by atoms with Gasteiger partial charge < -0.3 is 60.5 Å². The highest BCUT2D eigenvalue weighted by Crippen LogP contribution is 2.61. The van der Waals surface area contributed by atoms with E-state index in [9.17, 15) is 40.9 Å². The molecule has 0 spiro atoms. The Morgan fingerprint density at radius 3 is 0.727 bits per heavy atom. The van der Waals surface area contributed by atoms with Crippen molar-refractivity contribution in [1.29, 1.82) is 0 Å². The SMILES string of the molecule is CN(CCO)c1ccc(N=Nc2c(O)c(N=Nc3ccc(N(C)CCO)cc3)c3c(O)c(N=Nc4ccc(N(C)CCO)cc4)c(O)c(N=Nc4ccc(N(C)CCO)cc4)c3c2O)cc1. The van der Waals surface area contributed by atoms with Gasteiger partial charge in [-0.25, -0.2) is 0 Å². The molecule has 20 nitrogen and oxygen atoms in total. The Balaban J connectivity index is 1.57. The van der Waals surface area contributed by atoms with Crippen LogP contribution in [0.2, 0.25) is 0 Å². The molecule has 20 heteroatoms. The smallest absolute Gasteiger partial charge is 0.175 e. The Hall–Kier alpha value is -7.78. The standard InChI is InChI=1S/C46H52N12O8/c1-55(21-25-59)33-13-5-29(6-14-33)47-51-39-37-38(44(64)41(45(39)65)53-49-31-9-17-35(18-10-31)57(3)23-27-61)40(52-48-30-7-15-34(16-8-30)56(2)22-26-60)46(66)42(43(37)63)54-50-32-11-19-36(20-12-32)58(4)24-28-62/h5-20,59-66H,21-28H2,1-4H3. The van der Waals surface area contributed by atoms with Crippen LogP contribution in [0.5, 0.6) is 23.0 Å². The van der Waals surface area contributed by atoms with E-state index in [0.29, 0.717) is 48.9 Å². The fourth-order valence-corrected chi connectivity index (χ4v) is 6.65. The van der Waals surface area contributed by atoms with Crippen LogP contribution in [0.15, 0.2) is 138 Å². The van der Waals surface area contributed by atoms with Crippen molar-refractivity contribution in [2.75, 3.05) is 100 Å². The normalized spacial score (nSPS) is 11.8. The minimum absolute atomic E-state index is 0.0454. The van der Waals surface area contributed by atoms with Crippen LogP contribution in [-0.4, -0.2) is 122 Å². The molecule has 0 aliphatic rings. The van der Waals surface area contributed by atoms with Crippen LogP contribution in [0.3, 0.4) is 0 Å². The number of aromatic hydroxyl groups is 4. The summed E-state index contributed by atoms with van der Waals surface area (Å²) in [5, 5.41) is 119. The number of hydrogen-bond acceptors (Lipinski definition) is 20. The first-order valence-corrected chi connectivity index (χ1v) is 20.7. The Bertz CT molecular complexity index is 2510. The van der Waals surface area contributed by atoms with E-state index in [1.807, 2.05) is 47.8 Å². The summed E-state index contributed by atoms with van der Waals surface area (Å²) in [6.45, 7) is 1.39. The molecule has 6 aromatic carbocycles. The third-order valence-corrected chi connectivity index (χ3v) is 10.5. The summed E-state index contributed by atoms with van der Waals surface area (Å²) in [6, 6.07) is 27.2. The highest BCUT2D eigenvalue weighted by atomic mass is 16.3. The van der Waals surface area contributed by atoms with E-state index >= 15 is 0 Å². The number of aliphatic hydroxyl groups excluding tert-OH is 4. The van der Waals surface area contributed by atoms with Crippen molar-refractivity contribution in [3.05, 3.63) is 97.1 Å². The molecule has 0 radical (unpaired) electrons. The number of azo groups is 4. The second kappa shape index (κ2) is 22.2. The van der Waals surface area contributed by atoms with E-state index in [1.165, 1.54) is 0 Å². The minimum atomic E-state index is -0.757. The van der Waals surface area contributed by atoms with Gasteiger partial charge in [-0.2, -0.15) is 20.5 Å². The second-order valence-corrected chi connectivity index (χ2v) is 15.0. The van der Waals surface area contributed by atoms with E-state index in [2.05, 4.69) is 40.9 Å². The number of phenolic OH excluding ortho intramolecular Hbond substituents is 4. The predicted molar refractivity (Wildman–Crippen MR) is 255 cm³/mol. The fraction of sp³-hybridized carbons (Fsp3) is 0.261. The monoisotopic (exact) mass is 900 g/mol. The maximum absolute atomic E-state index is 12.0. The lowest BCUT2D eigenvalue weighted by Gasteiger charge is -2.18. The zero-order valence-electron chi connectivity index (χ0n) is 36.8. The van der Waals surface area contributed by atoms with Crippen LogP contribution in [0.4, 0.5) is 68.2 Å². The highest BCUT2D eigenvalue weighted by molar-refractivity contribution is 6.16. The summed E-state index contributed by atoms with van der Waals surface area (Å²) in [7, 11) is 7.26. The van der Waals surface area contributed by atoms with Crippen molar-refractivity contribution in [1.82, 2.24) is 0 Å². The second-order valence-electron chi connectivity index (χ2n) is 15.0. The molecule has 0 fully saturated rings. The Morgan fingerprint density at radius 1 is 0.303 bits per heavy atom. The molecule has 0 unspecified atom stereocenters. The van der Waals surface area contributed by atoms with Gasteiger partial charge in [0.2, 0.25) is 0 Å². The average Bonchev–Trinajstić information content (AvgIpc) is 3.32. The first-order chi connectivity index (χ1) is 31.9. The van der Waals surface area contributed by atoms with E-state index < -0.39 is 45.7 Å². The van der Waals surface area contributed by atoms with Gasteiger partial charge >= 0.3 is 0 Å². The largest absolute Gasteiger partial charge is 0.505 e. The van der Waals surface area contributed by atoms with E-state index in [0.717, 1.165) is 22.7 Å². The van der Waals surface area contributed by atoms with Gasteiger partial charge in [-0.15, -0.1) is 20.5 Å². The maximum atomic E-state index is 12.0. The fourth-order valence-electron chi connectivity index (χ4n) is 6.65. The molecule has 0 aliphatic heterocycles. The Morgan fingerprint density at radius 2 is 0.515 bits per heavy atom. The van der Waals surface area contributed by atoms with Gasteiger partial charge in [0.25, 0.3) is 0 Å². The predicted octanol–water partition coefficient (Wildman–Crippen LogP) is 9.04. The summed E-state index contributed by atoms with van der Waals surface area (Å²) in [4.78, 5) is 7.34. The molecule has 0 heterocycles. The molecular formula is C46H52N12O8. The summed E-state index contributed by atoms with van der Waals surface area (Å²) < 4.78 is 0. The third kappa shape index (κ3) is 11.1. The zero-order valence-corrected chi connectivity index (χ0v) is 36.8. The zero-order chi connectivity index (χ0) is 47.3. The molecular weight excluding hydrogens is 849 g/mol. The quantitative estimate of drug-likeness (QED) is 0.0333. The lowest BCUT2D eigenvalue weighted by Crippen LogP contribution is -2.20. The molecule has 0 atom stereocenters. The summed E-state index contributed by atoms with van der Waals surface area (Å²) in [6.07, 6.45) is 0. The minimum Gasteiger partial charge on any atom is -0.505 e. The molecule has 0 saturated heterocycles. The summed E-state index contributed by atoms with van der Waals surface area (Å²) in [5.41, 5.74) is 2.63. The molecule has 344 valence electrons. The van der Waals surface area contributed by atoms with Crippen LogP contribution in [0, 0.1) is 0 Å². The Labute approximate surface area is 380 Å². The van der Waals surface area contributed by atoms with Crippen LogP contribution in [-0.2, 0) is 0 Å². The number of benzene rings is 6. The van der Waals surface area contributed by atoms with E-state index in [4.69, 9.17) is 0 Å². The van der Waals surface area contributed by atoms with Crippen LogP contribution in [0.1, 0.15) is 0 Å². The van der Waals surface area contributed by atoms with Crippen LogP contribution < -0.4 is 19.6 Å². The first-order valence-electron chi connectivity index (χ1n) is 20.7. The third-order valence-electron chi connectivity index (χ3n) is 10.5. The molecule has 0 bridgehead atoms. The molecule has 0 saturated carbocycles. The van der Waals surface area contributed by atoms with Gasteiger partial charge in [0.05, 0.1) is 59.9 Å². The van der Waals surface area contributed by atoms with Crippen molar-refractivity contribution >= 4 is 79.0 Å². The van der Waals surface area contributed by atoms with E-state index in [-0.39, 0.29) is 37.2 Å². The molecule has 0 amide bonds. The highest BCUT2D eigenvalue weighted by Gasteiger charge is 2.30. The number of nitrogens with zero attached hydrogens (tertiary/aromatic N) is 12. The molecule has 6 rings (SSSR count). The van der Waals surface area contributed by atoms with Gasteiger partial charge in [0, 0.05) is 77.1 Å². The molecule has 6 aromatic rings. The van der Waals surface area contributed by atoms with Crippen molar-refractivity contribution < 1.29 is 40.9 Å². The number of fused-ring (bicyclic) bond motifs is 1. The lowest BCUT2D eigenvalue weighted by molar-refractivity contribution is 0.304. The van der Waals surface area contributed by atoms with Gasteiger partial charge in [-0.1, -0.05) is 0 Å². The van der Waals surface area contributed by atoms with Crippen molar-refractivity contribution in [2.24, 2.45) is 40.9 Å². The lowest BCUT2D eigenvalue weighted by atomic mass is 10.0. The molecule has 0 aliphatic carbocycles. The molecule has 66 heavy (non-hydrogen) atoms. The van der Waals surface area contributed by atoms with Crippen molar-refractivity contribution in [2.45, 2.75) is 0 Å². The topological polar surface area (TPSA) is 274 Å². The van der Waals surface area contributed by atoms with Gasteiger partial charge in [-0.05, 0) is 97.1 Å². The van der Waals surface area contributed by atoms with Crippen molar-refractivity contribution in [3.8, 4) is 23.0 Å². The number of rotatable bonds is 20. The van der Waals surface area contributed by atoms with Crippen LogP contribution in [0.25, 0.3) is 10.8 Å².